The Morgan fingerprint density at radius 3 is 2.81 bits per heavy atom. The van der Waals surface area contributed by atoms with Gasteiger partial charge < -0.3 is 10.1 Å². The first-order valence-corrected chi connectivity index (χ1v) is 7.06. The monoisotopic (exact) mass is 284 g/mol. The summed E-state index contributed by atoms with van der Waals surface area (Å²) in [6.07, 6.45) is 1.68. The predicted octanol–water partition coefficient (Wildman–Crippen LogP) is 2.86. The summed E-state index contributed by atoms with van der Waals surface area (Å²) in [5.74, 6) is -0.101. The van der Waals surface area contributed by atoms with E-state index in [0.29, 0.717) is 25.3 Å². The normalized spacial score (nSPS) is 10.4. The van der Waals surface area contributed by atoms with Crippen molar-refractivity contribution in [3.05, 3.63) is 65.0 Å². The lowest BCUT2D eigenvalue weighted by Crippen LogP contribution is -2.23. The average Bonchev–Trinajstić information content (AvgIpc) is 2.51. The Labute approximate surface area is 125 Å². The van der Waals surface area contributed by atoms with Crippen molar-refractivity contribution in [1.29, 1.82) is 0 Å². The van der Waals surface area contributed by atoms with Gasteiger partial charge in [0.2, 0.25) is 0 Å². The number of amides is 1. The molecule has 4 nitrogen and oxygen atoms in total. The Morgan fingerprint density at radius 2 is 2.05 bits per heavy atom. The summed E-state index contributed by atoms with van der Waals surface area (Å²) >= 11 is 0. The van der Waals surface area contributed by atoms with Gasteiger partial charge in [0.25, 0.3) is 5.91 Å². The van der Waals surface area contributed by atoms with E-state index in [4.69, 9.17) is 4.74 Å². The average molecular weight is 284 g/mol. The molecule has 0 radical (unpaired) electrons. The molecular formula is C17H20N2O2. The van der Waals surface area contributed by atoms with Crippen LogP contribution in [0.25, 0.3) is 0 Å². The van der Waals surface area contributed by atoms with E-state index in [1.165, 1.54) is 0 Å². The lowest BCUT2D eigenvalue weighted by molar-refractivity contribution is 0.0950. The number of rotatable bonds is 6. The quantitative estimate of drug-likeness (QED) is 0.887. The maximum atomic E-state index is 12.1. The molecule has 4 heteroatoms. The van der Waals surface area contributed by atoms with Gasteiger partial charge in [-0.1, -0.05) is 24.3 Å². The van der Waals surface area contributed by atoms with E-state index in [2.05, 4.69) is 10.3 Å². The van der Waals surface area contributed by atoms with Crippen LogP contribution in [0.5, 0.6) is 0 Å². The Hall–Kier alpha value is -2.20. The highest BCUT2D eigenvalue weighted by atomic mass is 16.5. The first-order chi connectivity index (χ1) is 10.2. The topological polar surface area (TPSA) is 51.2 Å². The van der Waals surface area contributed by atoms with Crippen molar-refractivity contribution in [1.82, 2.24) is 10.3 Å². The van der Waals surface area contributed by atoms with Crippen molar-refractivity contribution in [2.45, 2.75) is 27.0 Å². The molecule has 2 rings (SSSR count). The lowest BCUT2D eigenvalue weighted by atomic mass is 10.1. The minimum absolute atomic E-state index is 0.101. The van der Waals surface area contributed by atoms with Gasteiger partial charge in [-0.2, -0.15) is 0 Å². The second-order valence-corrected chi connectivity index (χ2v) is 4.78. The third-order valence-electron chi connectivity index (χ3n) is 3.17. The summed E-state index contributed by atoms with van der Waals surface area (Å²) < 4.78 is 5.39. The van der Waals surface area contributed by atoms with Crippen LogP contribution in [0.3, 0.4) is 0 Å². The van der Waals surface area contributed by atoms with Gasteiger partial charge in [0.1, 0.15) is 0 Å². The molecule has 1 aromatic heterocycles. The summed E-state index contributed by atoms with van der Waals surface area (Å²) in [7, 11) is 0. The van der Waals surface area contributed by atoms with Crippen LogP contribution in [0.4, 0.5) is 0 Å². The van der Waals surface area contributed by atoms with Crippen LogP contribution in [0, 0.1) is 6.92 Å². The van der Waals surface area contributed by atoms with Crippen LogP contribution in [-0.4, -0.2) is 17.5 Å². The zero-order chi connectivity index (χ0) is 15.1. The van der Waals surface area contributed by atoms with Crippen molar-refractivity contribution < 1.29 is 9.53 Å². The molecule has 0 spiro atoms. The SMILES string of the molecule is CCOCc1cccc(CNC(=O)c2cccnc2C)c1. The summed E-state index contributed by atoms with van der Waals surface area (Å²) in [6.45, 7) is 5.59. The van der Waals surface area contributed by atoms with Crippen molar-refractivity contribution in [3.63, 3.8) is 0 Å². The maximum Gasteiger partial charge on any atom is 0.253 e. The third-order valence-corrected chi connectivity index (χ3v) is 3.17. The Balaban J connectivity index is 1.96. The number of aryl methyl sites for hydroxylation is 1. The van der Waals surface area contributed by atoms with Gasteiger partial charge in [-0.05, 0) is 37.1 Å². The molecule has 21 heavy (non-hydrogen) atoms. The molecular weight excluding hydrogens is 264 g/mol. The van der Waals surface area contributed by atoms with Crippen LogP contribution < -0.4 is 5.32 Å². The summed E-state index contributed by atoms with van der Waals surface area (Å²) in [6, 6.07) is 11.6. The lowest BCUT2D eigenvalue weighted by Gasteiger charge is -2.08. The molecule has 1 amide bonds. The fourth-order valence-corrected chi connectivity index (χ4v) is 2.05. The molecule has 0 aliphatic rings. The van der Waals surface area contributed by atoms with Gasteiger partial charge in [-0.25, -0.2) is 0 Å². The Bertz CT molecular complexity index is 611. The molecule has 110 valence electrons. The minimum atomic E-state index is -0.101. The van der Waals surface area contributed by atoms with Crippen LogP contribution >= 0.6 is 0 Å². The molecule has 0 unspecified atom stereocenters. The number of carbonyl (C=O) groups is 1. The molecule has 0 aliphatic heterocycles. The molecule has 0 fully saturated rings. The first-order valence-electron chi connectivity index (χ1n) is 7.06. The van der Waals surface area contributed by atoms with Gasteiger partial charge >= 0.3 is 0 Å². The zero-order valence-corrected chi connectivity index (χ0v) is 12.4. The van der Waals surface area contributed by atoms with Gasteiger partial charge in [0, 0.05) is 25.0 Å². The number of nitrogens with one attached hydrogen (secondary N) is 1. The summed E-state index contributed by atoms with van der Waals surface area (Å²) in [4.78, 5) is 16.2. The van der Waals surface area contributed by atoms with Gasteiger partial charge in [0.05, 0.1) is 12.2 Å². The third kappa shape index (κ3) is 4.39. The highest BCUT2D eigenvalue weighted by Crippen LogP contribution is 2.08. The number of pyridine rings is 1. The van der Waals surface area contributed by atoms with Crippen LogP contribution in [-0.2, 0) is 17.9 Å². The second-order valence-electron chi connectivity index (χ2n) is 4.78. The van der Waals surface area contributed by atoms with Crippen LogP contribution in [0.2, 0.25) is 0 Å². The van der Waals surface area contributed by atoms with E-state index in [1.807, 2.05) is 38.1 Å². The van der Waals surface area contributed by atoms with E-state index >= 15 is 0 Å². The largest absolute Gasteiger partial charge is 0.377 e. The summed E-state index contributed by atoms with van der Waals surface area (Å²) in [5.41, 5.74) is 3.52. The zero-order valence-electron chi connectivity index (χ0n) is 12.4. The highest BCUT2D eigenvalue weighted by Gasteiger charge is 2.08. The van der Waals surface area contributed by atoms with Gasteiger partial charge in [-0.3, -0.25) is 9.78 Å². The number of hydrogen-bond donors (Lipinski definition) is 1. The van der Waals surface area contributed by atoms with E-state index < -0.39 is 0 Å². The maximum absolute atomic E-state index is 12.1. The molecule has 2 aromatic rings. The molecule has 0 saturated heterocycles. The van der Waals surface area contributed by atoms with Gasteiger partial charge in [0.15, 0.2) is 0 Å². The number of ether oxygens (including phenoxy) is 1. The number of hydrogen-bond acceptors (Lipinski definition) is 3. The molecule has 0 atom stereocenters. The first kappa shape index (κ1) is 15.2. The van der Waals surface area contributed by atoms with Gasteiger partial charge in [-0.15, -0.1) is 0 Å². The van der Waals surface area contributed by atoms with E-state index in [1.54, 1.807) is 18.3 Å². The van der Waals surface area contributed by atoms with E-state index in [0.717, 1.165) is 16.8 Å². The Morgan fingerprint density at radius 1 is 1.24 bits per heavy atom. The number of aromatic nitrogens is 1. The highest BCUT2D eigenvalue weighted by molar-refractivity contribution is 5.95. The predicted molar refractivity (Wildman–Crippen MR) is 81.9 cm³/mol. The van der Waals surface area contributed by atoms with Crippen LogP contribution in [0.1, 0.15) is 34.1 Å². The van der Waals surface area contributed by atoms with Crippen molar-refractivity contribution in [2.75, 3.05) is 6.61 Å². The molecule has 0 saturated carbocycles. The molecule has 0 aliphatic carbocycles. The fourth-order valence-electron chi connectivity index (χ4n) is 2.05. The standard InChI is InChI=1S/C17H20N2O2/c1-3-21-12-15-7-4-6-14(10-15)11-19-17(20)16-8-5-9-18-13(16)2/h4-10H,3,11-12H2,1-2H3,(H,19,20). The fraction of sp³-hybridized carbons (Fsp3) is 0.294. The number of carbonyl (C=O) groups excluding carboxylic acids is 1. The smallest absolute Gasteiger partial charge is 0.253 e. The Kier molecular flexibility index (Phi) is 5.46. The minimum Gasteiger partial charge on any atom is -0.377 e. The second kappa shape index (κ2) is 7.55. The van der Waals surface area contributed by atoms with E-state index in [-0.39, 0.29) is 5.91 Å². The molecule has 1 heterocycles. The number of benzene rings is 1. The van der Waals surface area contributed by atoms with Crippen LogP contribution in [0.15, 0.2) is 42.6 Å². The molecule has 0 bridgehead atoms. The van der Waals surface area contributed by atoms with Crippen molar-refractivity contribution in [2.24, 2.45) is 0 Å². The molecule has 1 aromatic carbocycles. The number of nitrogens with zero attached hydrogens (tertiary/aromatic N) is 1. The van der Waals surface area contributed by atoms with E-state index in [9.17, 15) is 4.79 Å². The molecule has 1 N–H and O–H groups in total. The summed E-state index contributed by atoms with van der Waals surface area (Å²) in [5, 5.41) is 2.92. The van der Waals surface area contributed by atoms with Crippen molar-refractivity contribution in [3.8, 4) is 0 Å². The van der Waals surface area contributed by atoms with Crippen molar-refractivity contribution >= 4 is 5.91 Å².